The van der Waals surface area contributed by atoms with E-state index in [0.29, 0.717) is 31.4 Å². The van der Waals surface area contributed by atoms with Gasteiger partial charge in [0.1, 0.15) is 11.8 Å². The van der Waals surface area contributed by atoms with E-state index in [-0.39, 0.29) is 18.2 Å². The van der Waals surface area contributed by atoms with Crippen LogP contribution < -0.4 is 10.1 Å². The number of amides is 2. The van der Waals surface area contributed by atoms with Gasteiger partial charge >= 0.3 is 5.97 Å². The maximum atomic E-state index is 13.0. The highest BCUT2D eigenvalue weighted by molar-refractivity contribution is 5.93. The summed E-state index contributed by atoms with van der Waals surface area (Å²) in [6, 6.07) is 4.89. The Hall–Kier alpha value is -2.57. The first kappa shape index (κ1) is 22.7. The van der Waals surface area contributed by atoms with Crippen LogP contribution in [-0.4, -0.2) is 54.5 Å². The number of esters is 1. The molecule has 0 aromatic heterocycles. The van der Waals surface area contributed by atoms with Gasteiger partial charge in [0.2, 0.25) is 5.91 Å². The summed E-state index contributed by atoms with van der Waals surface area (Å²) < 4.78 is 11.2. The minimum Gasteiger partial charge on any atom is -0.480 e. The highest BCUT2D eigenvalue weighted by Gasteiger charge is 2.37. The van der Waals surface area contributed by atoms with E-state index in [2.05, 4.69) is 5.32 Å². The minimum absolute atomic E-state index is 0.161. The molecule has 2 atom stereocenters. The second kappa shape index (κ2) is 10.3. The zero-order valence-electron chi connectivity index (χ0n) is 18.0. The van der Waals surface area contributed by atoms with Gasteiger partial charge in [0.25, 0.3) is 5.91 Å². The van der Waals surface area contributed by atoms with E-state index in [1.54, 1.807) is 6.92 Å². The average molecular weight is 405 g/mol. The van der Waals surface area contributed by atoms with E-state index in [1.165, 1.54) is 4.90 Å². The van der Waals surface area contributed by atoms with Crippen LogP contribution in [-0.2, 0) is 19.1 Å². The third-order valence-electron chi connectivity index (χ3n) is 4.98. The quantitative estimate of drug-likeness (QED) is 0.673. The Morgan fingerprint density at radius 3 is 2.48 bits per heavy atom. The highest BCUT2D eigenvalue weighted by atomic mass is 16.5. The molecular weight excluding hydrogens is 372 g/mol. The summed E-state index contributed by atoms with van der Waals surface area (Å²) in [6.07, 6.45) is -0.183. The monoisotopic (exact) mass is 404 g/mol. The molecular formula is C22H32N2O5. The van der Waals surface area contributed by atoms with Crippen molar-refractivity contribution in [1.29, 1.82) is 0 Å². The van der Waals surface area contributed by atoms with Gasteiger partial charge in [-0.2, -0.15) is 0 Å². The first-order chi connectivity index (χ1) is 13.7. The zero-order chi connectivity index (χ0) is 21.6. The molecule has 0 aliphatic carbocycles. The molecule has 1 aliphatic heterocycles. The van der Waals surface area contributed by atoms with E-state index in [4.69, 9.17) is 9.47 Å². The van der Waals surface area contributed by atoms with Crippen molar-refractivity contribution < 1.29 is 23.9 Å². The van der Waals surface area contributed by atoms with Gasteiger partial charge in [-0.3, -0.25) is 14.4 Å². The summed E-state index contributed by atoms with van der Waals surface area (Å²) in [4.78, 5) is 39.0. The number of aryl methyl sites for hydroxylation is 2. The number of benzene rings is 1. The molecule has 1 aliphatic rings. The lowest BCUT2D eigenvalue weighted by atomic mass is 10.1. The Bertz CT molecular complexity index is 726. The Morgan fingerprint density at radius 1 is 1.21 bits per heavy atom. The maximum Gasteiger partial charge on any atom is 0.308 e. The molecule has 1 aromatic rings. The lowest BCUT2D eigenvalue weighted by Crippen LogP contribution is -2.60. The van der Waals surface area contributed by atoms with Crippen molar-refractivity contribution in [1.82, 2.24) is 10.2 Å². The zero-order valence-corrected chi connectivity index (χ0v) is 18.0. The molecule has 1 saturated heterocycles. The number of nitrogens with zero attached hydrogens (tertiary/aromatic N) is 1. The summed E-state index contributed by atoms with van der Waals surface area (Å²) in [7, 11) is 0. The lowest BCUT2D eigenvalue weighted by Gasteiger charge is -2.36. The number of ether oxygens (including phenoxy) is 2. The number of carbonyl (C=O) groups is 3. The molecule has 0 spiro atoms. The van der Waals surface area contributed by atoms with Crippen molar-refractivity contribution in [3.63, 3.8) is 0 Å². The fourth-order valence-electron chi connectivity index (χ4n) is 3.25. The average Bonchev–Trinajstić information content (AvgIpc) is 2.65. The second-order valence-corrected chi connectivity index (χ2v) is 7.93. The normalized spacial score (nSPS) is 17.7. The molecule has 160 valence electrons. The predicted octanol–water partition coefficient (Wildman–Crippen LogP) is 2.38. The number of hydrogen-bond donors (Lipinski definition) is 1. The van der Waals surface area contributed by atoms with Gasteiger partial charge < -0.3 is 19.7 Å². The molecule has 1 N–H and O–H groups in total. The Labute approximate surface area is 172 Å². The fourth-order valence-corrected chi connectivity index (χ4v) is 3.25. The molecule has 0 radical (unpaired) electrons. The molecule has 7 nitrogen and oxygen atoms in total. The molecule has 2 rings (SSSR count). The molecule has 0 saturated carbocycles. The van der Waals surface area contributed by atoms with Crippen molar-refractivity contribution in [2.24, 2.45) is 5.92 Å². The van der Waals surface area contributed by atoms with Gasteiger partial charge in [-0.15, -0.1) is 0 Å². The first-order valence-corrected chi connectivity index (χ1v) is 10.2. The van der Waals surface area contributed by atoms with Crippen LogP contribution in [0.5, 0.6) is 5.75 Å². The van der Waals surface area contributed by atoms with E-state index >= 15 is 0 Å². The van der Waals surface area contributed by atoms with Gasteiger partial charge in [0.05, 0.1) is 13.0 Å². The van der Waals surface area contributed by atoms with Crippen LogP contribution in [0.25, 0.3) is 0 Å². The molecule has 1 fully saturated rings. The van der Waals surface area contributed by atoms with Gasteiger partial charge in [0, 0.05) is 13.1 Å². The van der Waals surface area contributed by atoms with Crippen molar-refractivity contribution in [2.75, 3.05) is 19.7 Å². The number of nitrogens with one attached hydrogen (secondary N) is 1. The molecule has 2 unspecified atom stereocenters. The van der Waals surface area contributed by atoms with Gasteiger partial charge in [-0.05, 0) is 44.2 Å². The summed E-state index contributed by atoms with van der Waals surface area (Å²) >= 11 is 0. The lowest BCUT2D eigenvalue weighted by molar-refractivity contribution is -0.154. The van der Waals surface area contributed by atoms with Crippen LogP contribution in [0.15, 0.2) is 18.2 Å². The highest BCUT2D eigenvalue weighted by Crippen LogP contribution is 2.24. The van der Waals surface area contributed by atoms with Crippen LogP contribution in [0.4, 0.5) is 0 Å². The fraction of sp³-hybridized carbons (Fsp3) is 0.591. The minimum atomic E-state index is -0.883. The standard InChI is InChI=1S/C22H32N2O5/c1-14(2)9-12-28-19(25)13-18-21(26)23-10-11-24(18)22(27)17(5)29-20-15(3)7-6-8-16(20)4/h6-8,14,17-18H,9-13H2,1-5H3,(H,23,26). The van der Waals surface area contributed by atoms with Crippen LogP contribution in [0, 0.1) is 19.8 Å². The van der Waals surface area contributed by atoms with Gasteiger partial charge in [-0.25, -0.2) is 0 Å². The second-order valence-electron chi connectivity index (χ2n) is 7.93. The van der Waals surface area contributed by atoms with Crippen molar-refractivity contribution >= 4 is 17.8 Å². The van der Waals surface area contributed by atoms with E-state index in [1.807, 2.05) is 45.9 Å². The predicted molar refractivity (Wildman–Crippen MR) is 110 cm³/mol. The van der Waals surface area contributed by atoms with Gasteiger partial charge in [0.15, 0.2) is 6.10 Å². The topological polar surface area (TPSA) is 84.9 Å². The van der Waals surface area contributed by atoms with Crippen LogP contribution in [0.2, 0.25) is 0 Å². The number of para-hydroxylation sites is 1. The molecule has 7 heteroatoms. The number of hydrogen-bond acceptors (Lipinski definition) is 5. The van der Waals surface area contributed by atoms with E-state index < -0.39 is 18.1 Å². The summed E-state index contributed by atoms with van der Waals surface area (Å²) in [5.41, 5.74) is 1.87. The Morgan fingerprint density at radius 2 is 1.86 bits per heavy atom. The Balaban J connectivity index is 2.05. The number of piperazine rings is 1. The first-order valence-electron chi connectivity index (χ1n) is 10.2. The number of rotatable bonds is 8. The summed E-state index contributed by atoms with van der Waals surface area (Å²) in [6.45, 7) is 10.6. The molecule has 29 heavy (non-hydrogen) atoms. The van der Waals surface area contributed by atoms with Crippen molar-refractivity contribution in [3.8, 4) is 5.75 Å². The Kier molecular flexibility index (Phi) is 8.05. The third kappa shape index (κ3) is 6.21. The molecule has 0 bridgehead atoms. The van der Waals surface area contributed by atoms with Gasteiger partial charge in [-0.1, -0.05) is 32.0 Å². The third-order valence-corrected chi connectivity index (χ3v) is 4.98. The molecule has 2 amide bonds. The molecule has 1 aromatic carbocycles. The number of carbonyl (C=O) groups excluding carboxylic acids is 3. The van der Waals surface area contributed by atoms with Crippen LogP contribution >= 0.6 is 0 Å². The maximum absolute atomic E-state index is 13.0. The summed E-state index contributed by atoms with van der Waals surface area (Å²) in [5, 5.41) is 2.72. The van der Waals surface area contributed by atoms with Crippen LogP contribution in [0.3, 0.4) is 0 Å². The van der Waals surface area contributed by atoms with E-state index in [9.17, 15) is 14.4 Å². The van der Waals surface area contributed by atoms with Crippen molar-refractivity contribution in [2.45, 2.75) is 59.6 Å². The van der Waals surface area contributed by atoms with Crippen molar-refractivity contribution in [3.05, 3.63) is 29.3 Å². The molecule has 1 heterocycles. The SMILES string of the molecule is Cc1cccc(C)c1OC(C)C(=O)N1CCNC(=O)C1CC(=O)OCCC(C)C. The smallest absolute Gasteiger partial charge is 0.308 e. The van der Waals surface area contributed by atoms with Crippen LogP contribution in [0.1, 0.15) is 44.7 Å². The summed E-state index contributed by atoms with van der Waals surface area (Å²) in [5.74, 6) is -0.0535. The largest absolute Gasteiger partial charge is 0.480 e. The van der Waals surface area contributed by atoms with E-state index in [0.717, 1.165) is 17.5 Å².